The van der Waals surface area contributed by atoms with E-state index in [1.54, 1.807) is 12.2 Å². The molecule has 2 aliphatic rings. The van der Waals surface area contributed by atoms with Gasteiger partial charge in [-0.15, -0.1) is 0 Å². The first-order valence-corrected chi connectivity index (χ1v) is 8.47. The minimum Gasteiger partial charge on any atom is -0.235 e. The van der Waals surface area contributed by atoms with Crippen LogP contribution in [0.4, 0.5) is 26.3 Å². The predicted octanol–water partition coefficient (Wildman–Crippen LogP) is 5.18. The van der Waals surface area contributed by atoms with Crippen molar-refractivity contribution in [2.45, 2.75) is 12.4 Å². The van der Waals surface area contributed by atoms with E-state index in [4.69, 9.17) is 0 Å². The van der Waals surface area contributed by atoms with Crippen molar-refractivity contribution in [1.82, 2.24) is 0 Å². The van der Waals surface area contributed by atoms with Crippen molar-refractivity contribution in [1.29, 1.82) is 0 Å². The average molecular weight is 363 g/mol. The molecule has 0 spiro atoms. The molecule has 1 N–H and O–H groups in total. The fraction of sp³-hybridized carbons (Fsp3) is 0.125. The van der Waals surface area contributed by atoms with Gasteiger partial charge in [0, 0.05) is 0 Å². The minimum atomic E-state index is -4.95. The van der Waals surface area contributed by atoms with Crippen LogP contribution in [0, 0.1) is 0 Å². The van der Waals surface area contributed by atoms with E-state index in [-0.39, 0.29) is 11.4 Å². The summed E-state index contributed by atoms with van der Waals surface area (Å²) in [6.45, 7) is 0. The first kappa shape index (κ1) is 17.0. The fourth-order valence-corrected chi connectivity index (χ4v) is 5.32. The summed E-state index contributed by atoms with van der Waals surface area (Å²) in [5.74, 6) is 0. The third-order valence-electron chi connectivity index (χ3n) is 3.76. The highest BCUT2D eigenvalue weighted by molar-refractivity contribution is 7.86. The molecule has 0 fully saturated rings. The lowest BCUT2D eigenvalue weighted by Gasteiger charge is -2.20. The molecular weight excluding hydrogens is 353 g/mol. The van der Waals surface area contributed by atoms with Gasteiger partial charge >= 0.3 is 12.4 Å². The monoisotopic (exact) mass is 363 g/mol. The van der Waals surface area contributed by atoms with Crippen LogP contribution in [-0.4, -0.2) is 4.89 Å². The molecule has 3 rings (SSSR count). The zero-order chi connectivity index (χ0) is 17.8. The molecule has 1 aromatic rings. The Morgan fingerprint density at radius 2 is 1.12 bits per heavy atom. The second-order valence-corrected chi connectivity index (χ2v) is 8.12. The zero-order valence-electron chi connectivity index (χ0n) is 11.9. The summed E-state index contributed by atoms with van der Waals surface area (Å²) in [5.41, 5.74) is -2.86. The van der Waals surface area contributed by atoms with Crippen LogP contribution in [0.1, 0.15) is 11.1 Å². The molecule has 1 aromatic carbocycles. The van der Waals surface area contributed by atoms with Crippen molar-refractivity contribution in [3.63, 3.8) is 0 Å². The molecule has 0 unspecified atom stereocenters. The van der Waals surface area contributed by atoms with Crippen molar-refractivity contribution in [3.8, 4) is 0 Å². The largest absolute Gasteiger partial charge is 0.416 e. The summed E-state index contributed by atoms with van der Waals surface area (Å²) in [5, 5.41) is 0.265. The lowest BCUT2D eigenvalue weighted by molar-refractivity contribution is -0.142. The normalized spacial score (nSPS) is 19.1. The third kappa shape index (κ3) is 2.72. The second-order valence-electron chi connectivity index (χ2n) is 5.30. The van der Waals surface area contributed by atoms with E-state index in [1.807, 2.05) is 0 Å². The van der Waals surface area contributed by atoms with Gasteiger partial charge in [-0.25, -0.2) is 4.89 Å². The third-order valence-corrected chi connectivity index (χ3v) is 6.86. The number of fused-ring (bicyclic) bond motifs is 2. The van der Waals surface area contributed by atoms with Crippen LogP contribution in [0.2, 0.25) is 0 Å². The van der Waals surface area contributed by atoms with Crippen LogP contribution in [0.15, 0.2) is 65.3 Å². The molecule has 0 atom stereocenters. The van der Waals surface area contributed by atoms with Gasteiger partial charge in [0.1, 0.15) is 15.9 Å². The molecule has 0 aliphatic carbocycles. The topological polar surface area (TPSA) is 20.2 Å². The van der Waals surface area contributed by atoms with Crippen LogP contribution in [0.3, 0.4) is 0 Å². The van der Waals surface area contributed by atoms with E-state index in [9.17, 15) is 31.2 Å². The molecule has 0 saturated heterocycles. The molecule has 8 heteroatoms. The molecule has 2 aliphatic heterocycles. The average Bonchev–Trinajstić information content (AvgIpc) is 2.66. The first-order chi connectivity index (χ1) is 11.0. The lowest BCUT2D eigenvalue weighted by Crippen LogP contribution is -2.20. The highest BCUT2D eigenvalue weighted by Crippen LogP contribution is 2.71. The maximum Gasteiger partial charge on any atom is 0.416 e. The van der Waals surface area contributed by atoms with E-state index < -0.39 is 31.0 Å². The van der Waals surface area contributed by atoms with Crippen LogP contribution >= 0.6 is 7.49 Å². The van der Waals surface area contributed by atoms with Crippen LogP contribution in [-0.2, 0) is 12.4 Å². The van der Waals surface area contributed by atoms with Crippen molar-refractivity contribution < 1.29 is 31.2 Å². The summed E-state index contributed by atoms with van der Waals surface area (Å²) in [7, 11) is -3.47. The number of hydrogen-bond donors (Lipinski definition) is 1. The fourth-order valence-electron chi connectivity index (χ4n) is 2.59. The van der Waals surface area contributed by atoms with Gasteiger partial charge in [-0.05, 0) is 42.5 Å². The predicted molar refractivity (Wildman–Crippen MR) is 79.7 cm³/mol. The Labute approximate surface area is 133 Å². The Balaban J connectivity index is 2.25. The number of hydrogen-bond acceptors (Lipinski definition) is 1. The SMILES string of the molecule is O[P+]1(c2cc(C(F)(F)F)cc(C(F)(F)F)c2)C2=CC=C1C=CC=C2. The number of allylic oxidation sites excluding steroid dienone is 8. The molecule has 0 amide bonds. The Morgan fingerprint density at radius 1 is 0.708 bits per heavy atom. The van der Waals surface area contributed by atoms with Crippen molar-refractivity contribution in [2.75, 3.05) is 0 Å². The Morgan fingerprint density at radius 3 is 1.50 bits per heavy atom. The second kappa shape index (κ2) is 5.33. The molecule has 126 valence electrons. The van der Waals surface area contributed by atoms with Gasteiger partial charge in [-0.2, -0.15) is 26.3 Å². The van der Waals surface area contributed by atoms with Gasteiger partial charge in [-0.3, -0.25) is 0 Å². The highest BCUT2D eigenvalue weighted by atomic mass is 31.2. The molecule has 0 aromatic heterocycles. The summed E-state index contributed by atoms with van der Waals surface area (Å²) >= 11 is 0. The van der Waals surface area contributed by atoms with E-state index in [1.165, 1.54) is 24.3 Å². The maximum atomic E-state index is 13.0. The first-order valence-electron chi connectivity index (χ1n) is 6.72. The molecular formula is C16H10F6OP+. The van der Waals surface area contributed by atoms with Gasteiger partial charge in [0.25, 0.3) is 0 Å². The lowest BCUT2D eigenvalue weighted by atomic mass is 10.1. The smallest absolute Gasteiger partial charge is 0.235 e. The van der Waals surface area contributed by atoms with Gasteiger partial charge in [0.15, 0.2) is 0 Å². The van der Waals surface area contributed by atoms with Crippen molar-refractivity contribution >= 4 is 12.8 Å². The number of alkyl halides is 6. The Kier molecular flexibility index (Phi) is 3.77. The molecule has 1 nitrogen and oxygen atoms in total. The quantitative estimate of drug-likeness (QED) is 0.538. The van der Waals surface area contributed by atoms with E-state index in [0.29, 0.717) is 22.8 Å². The van der Waals surface area contributed by atoms with E-state index in [0.717, 1.165) is 0 Å². The van der Waals surface area contributed by atoms with E-state index in [2.05, 4.69) is 0 Å². The summed E-state index contributed by atoms with van der Waals surface area (Å²) < 4.78 is 78.1. The standard InChI is InChI=1S/C16H10F6OP/c17-15(18,19)10-7-11(16(20,21)22)9-14(8-10)24(23)12-3-1-2-4-13(24)6-5-12/h1-9,23H/q+1. The maximum absolute atomic E-state index is 13.0. The van der Waals surface area contributed by atoms with Gasteiger partial charge in [0.2, 0.25) is 7.49 Å². The zero-order valence-corrected chi connectivity index (χ0v) is 12.8. The van der Waals surface area contributed by atoms with Gasteiger partial charge in [-0.1, -0.05) is 12.2 Å². The highest BCUT2D eigenvalue weighted by Gasteiger charge is 2.51. The Bertz CT molecular complexity index is 751. The molecule has 0 radical (unpaired) electrons. The van der Waals surface area contributed by atoms with Crippen LogP contribution in [0.25, 0.3) is 0 Å². The minimum absolute atomic E-state index is 0.0594. The molecule has 24 heavy (non-hydrogen) atoms. The van der Waals surface area contributed by atoms with Gasteiger partial charge < -0.3 is 0 Å². The summed E-state index contributed by atoms with van der Waals surface area (Å²) in [4.78, 5) is 11.0. The molecule has 2 heterocycles. The Hall–Kier alpha value is -1.85. The summed E-state index contributed by atoms with van der Waals surface area (Å²) in [6.07, 6.45) is -0.733. The number of benzene rings is 1. The molecule has 0 saturated carbocycles. The summed E-state index contributed by atoms with van der Waals surface area (Å²) in [6, 6.07) is 1.26. The van der Waals surface area contributed by atoms with Gasteiger partial charge in [0.05, 0.1) is 11.1 Å². The van der Waals surface area contributed by atoms with Crippen molar-refractivity contribution in [3.05, 3.63) is 76.4 Å². The van der Waals surface area contributed by atoms with Crippen LogP contribution < -0.4 is 5.30 Å². The van der Waals surface area contributed by atoms with Crippen molar-refractivity contribution in [2.24, 2.45) is 0 Å². The number of halogens is 6. The number of rotatable bonds is 1. The van der Waals surface area contributed by atoms with E-state index >= 15 is 0 Å². The molecule has 2 bridgehead atoms. The van der Waals surface area contributed by atoms with Crippen LogP contribution in [0.5, 0.6) is 0 Å².